The smallest absolute Gasteiger partial charge is 0.238 e. The molecule has 1 unspecified atom stereocenters. The molecule has 2 rings (SSSR count). The predicted molar refractivity (Wildman–Crippen MR) is 77.1 cm³/mol. The van der Waals surface area contributed by atoms with E-state index in [1.807, 2.05) is 29.2 Å². The minimum absolute atomic E-state index is 0.0588. The number of carbonyl (C=O) groups excluding carboxylic acids is 1. The third-order valence-corrected chi connectivity index (χ3v) is 3.74. The fourth-order valence-electron chi connectivity index (χ4n) is 2.20. The van der Waals surface area contributed by atoms with E-state index >= 15 is 0 Å². The zero-order chi connectivity index (χ0) is 13.8. The van der Waals surface area contributed by atoms with Crippen LogP contribution in [0.4, 0.5) is 0 Å². The van der Waals surface area contributed by atoms with Crippen molar-refractivity contribution in [3.05, 3.63) is 34.9 Å². The van der Waals surface area contributed by atoms with Gasteiger partial charge < -0.3 is 9.80 Å². The number of hydrogen-bond acceptors (Lipinski definition) is 3. The maximum atomic E-state index is 12.0. The second-order valence-electron chi connectivity index (χ2n) is 4.82. The van der Waals surface area contributed by atoms with Crippen LogP contribution in [0.15, 0.2) is 24.3 Å². The summed E-state index contributed by atoms with van der Waals surface area (Å²) in [4.78, 5) is 16.0. The van der Waals surface area contributed by atoms with Crippen molar-refractivity contribution in [2.45, 2.75) is 13.1 Å². The molecular formula is C14H20ClN3O. The van der Waals surface area contributed by atoms with Crippen LogP contribution in [0.5, 0.6) is 0 Å². The molecule has 0 aliphatic carbocycles. The average Bonchev–Trinajstić information content (AvgIpc) is 2.77. The molecule has 0 saturated carbocycles. The van der Waals surface area contributed by atoms with E-state index in [9.17, 15) is 4.79 Å². The van der Waals surface area contributed by atoms with Crippen LogP contribution in [0.25, 0.3) is 0 Å². The largest absolute Gasteiger partial charge is 0.321 e. The highest BCUT2D eigenvalue weighted by Crippen LogP contribution is 2.24. The van der Waals surface area contributed by atoms with Gasteiger partial charge in [0.05, 0.1) is 6.54 Å². The lowest BCUT2D eigenvalue weighted by Crippen LogP contribution is -2.37. The molecule has 104 valence electrons. The molecule has 5 heteroatoms. The topological polar surface area (TPSA) is 35.6 Å². The number of amides is 1. The summed E-state index contributed by atoms with van der Waals surface area (Å²) in [5.74, 6) is 0.148. The lowest BCUT2D eigenvalue weighted by atomic mass is 10.1. The number of carbonyl (C=O) groups is 1. The van der Waals surface area contributed by atoms with Crippen LogP contribution in [0, 0.1) is 0 Å². The normalized spacial score (nSPS) is 19.5. The van der Waals surface area contributed by atoms with E-state index in [4.69, 9.17) is 11.6 Å². The lowest BCUT2D eigenvalue weighted by molar-refractivity contribution is -0.128. The number of halogens is 1. The number of nitrogens with one attached hydrogen (secondary N) is 1. The van der Waals surface area contributed by atoms with Gasteiger partial charge >= 0.3 is 0 Å². The fourth-order valence-corrected chi connectivity index (χ4v) is 2.40. The molecule has 19 heavy (non-hydrogen) atoms. The van der Waals surface area contributed by atoms with Gasteiger partial charge in [0.15, 0.2) is 0 Å². The van der Waals surface area contributed by atoms with Crippen LogP contribution < -0.4 is 5.32 Å². The quantitative estimate of drug-likeness (QED) is 0.893. The van der Waals surface area contributed by atoms with Gasteiger partial charge in [0.1, 0.15) is 6.17 Å². The Balaban J connectivity index is 2.08. The van der Waals surface area contributed by atoms with E-state index in [0.717, 1.165) is 25.2 Å². The van der Waals surface area contributed by atoms with E-state index in [1.54, 1.807) is 0 Å². The Labute approximate surface area is 119 Å². The maximum absolute atomic E-state index is 12.0. The molecule has 1 fully saturated rings. The van der Waals surface area contributed by atoms with Gasteiger partial charge in [-0.15, -0.1) is 0 Å². The monoisotopic (exact) mass is 281 g/mol. The van der Waals surface area contributed by atoms with Gasteiger partial charge in [-0.05, 0) is 31.3 Å². The first-order valence-corrected chi connectivity index (χ1v) is 6.96. The Bertz CT molecular complexity index is 452. The second kappa shape index (κ2) is 6.37. The number of likely N-dealkylation sites (N-methyl/N-ethyl adjacent to an activating group) is 1. The van der Waals surface area contributed by atoms with Crippen LogP contribution in [0.3, 0.4) is 0 Å². The van der Waals surface area contributed by atoms with Crippen molar-refractivity contribution in [2.24, 2.45) is 0 Å². The van der Waals surface area contributed by atoms with Crippen molar-refractivity contribution in [3.63, 3.8) is 0 Å². The van der Waals surface area contributed by atoms with E-state index in [2.05, 4.69) is 24.2 Å². The first-order chi connectivity index (χ1) is 9.11. The number of nitrogens with zero attached hydrogens (tertiary/aromatic N) is 2. The van der Waals surface area contributed by atoms with Gasteiger partial charge in [0.2, 0.25) is 5.91 Å². The molecule has 1 aromatic rings. The summed E-state index contributed by atoms with van der Waals surface area (Å²) in [7, 11) is 2.06. The fraction of sp³-hybridized carbons (Fsp3) is 0.500. The van der Waals surface area contributed by atoms with Gasteiger partial charge in [-0.2, -0.15) is 0 Å². The lowest BCUT2D eigenvalue weighted by Gasteiger charge is -2.26. The van der Waals surface area contributed by atoms with E-state index in [1.165, 1.54) is 0 Å². The summed E-state index contributed by atoms with van der Waals surface area (Å²) < 4.78 is 0. The van der Waals surface area contributed by atoms with Gasteiger partial charge in [0, 0.05) is 18.1 Å². The Morgan fingerprint density at radius 2 is 2.32 bits per heavy atom. The summed E-state index contributed by atoms with van der Waals surface area (Å²) in [5, 5.41) is 3.94. The molecule has 0 aromatic heterocycles. The maximum Gasteiger partial charge on any atom is 0.238 e. The minimum Gasteiger partial charge on any atom is -0.321 e. The van der Waals surface area contributed by atoms with E-state index in [-0.39, 0.29) is 12.1 Å². The van der Waals surface area contributed by atoms with E-state index in [0.29, 0.717) is 11.6 Å². The number of hydrogen-bond donors (Lipinski definition) is 1. The molecule has 1 saturated heterocycles. The first-order valence-electron chi connectivity index (χ1n) is 6.58. The zero-order valence-corrected chi connectivity index (χ0v) is 12.2. The van der Waals surface area contributed by atoms with Crippen LogP contribution >= 0.6 is 11.6 Å². The molecular weight excluding hydrogens is 262 g/mol. The molecule has 1 aromatic carbocycles. The van der Waals surface area contributed by atoms with E-state index < -0.39 is 0 Å². The molecule has 0 spiro atoms. The number of benzene rings is 1. The second-order valence-corrected chi connectivity index (χ2v) is 5.26. The molecule has 0 bridgehead atoms. The van der Waals surface area contributed by atoms with Gasteiger partial charge in [-0.25, -0.2) is 0 Å². The Hall–Kier alpha value is -1.10. The van der Waals surface area contributed by atoms with Crippen molar-refractivity contribution in [1.82, 2.24) is 15.1 Å². The standard InChI is InChI=1S/C14H20ClN3O/c1-3-17(2)7-8-18-13(19)10-16-14(18)11-5-4-6-12(15)9-11/h4-6,9,14,16H,3,7-8,10H2,1-2H3. The molecule has 0 radical (unpaired) electrons. The SMILES string of the molecule is CCN(C)CCN1C(=O)CNC1c1cccc(Cl)c1. The first kappa shape index (κ1) is 14.3. The number of rotatable bonds is 5. The van der Waals surface area contributed by atoms with Crippen LogP contribution in [-0.2, 0) is 4.79 Å². The Morgan fingerprint density at radius 1 is 1.53 bits per heavy atom. The Kier molecular flexibility index (Phi) is 4.80. The van der Waals surface area contributed by atoms with Gasteiger partial charge in [-0.3, -0.25) is 10.1 Å². The summed E-state index contributed by atoms with van der Waals surface area (Å²) in [6, 6.07) is 7.67. The highest BCUT2D eigenvalue weighted by molar-refractivity contribution is 6.30. The van der Waals surface area contributed by atoms with Crippen LogP contribution in [-0.4, -0.2) is 48.9 Å². The summed E-state index contributed by atoms with van der Waals surface area (Å²) >= 11 is 6.02. The van der Waals surface area contributed by atoms with Crippen molar-refractivity contribution in [2.75, 3.05) is 33.2 Å². The summed E-state index contributed by atoms with van der Waals surface area (Å²) in [6.45, 7) is 5.09. The average molecular weight is 282 g/mol. The van der Waals surface area contributed by atoms with Crippen molar-refractivity contribution in [3.8, 4) is 0 Å². The van der Waals surface area contributed by atoms with Crippen molar-refractivity contribution in [1.29, 1.82) is 0 Å². The molecule has 1 amide bonds. The third kappa shape index (κ3) is 3.47. The highest BCUT2D eigenvalue weighted by Gasteiger charge is 2.31. The van der Waals surface area contributed by atoms with Crippen LogP contribution in [0.1, 0.15) is 18.7 Å². The summed E-state index contributed by atoms with van der Waals surface area (Å²) in [6.07, 6.45) is -0.0588. The summed E-state index contributed by atoms with van der Waals surface area (Å²) in [5.41, 5.74) is 1.04. The molecule has 1 N–H and O–H groups in total. The molecule has 1 aliphatic rings. The van der Waals surface area contributed by atoms with Gasteiger partial charge in [0.25, 0.3) is 0 Å². The Morgan fingerprint density at radius 3 is 3.00 bits per heavy atom. The third-order valence-electron chi connectivity index (χ3n) is 3.51. The minimum atomic E-state index is -0.0588. The molecule has 1 atom stereocenters. The highest BCUT2D eigenvalue weighted by atomic mass is 35.5. The van der Waals surface area contributed by atoms with Gasteiger partial charge in [-0.1, -0.05) is 30.7 Å². The molecule has 1 aliphatic heterocycles. The van der Waals surface area contributed by atoms with Crippen molar-refractivity contribution < 1.29 is 4.79 Å². The predicted octanol–water partition coefficient (Wildman–Crippen LogP) is 1.72. The van der Waals surface area contributed by atoms with Crippen LogP contribution in [0.2, 0.25) is 5.02 Å². The molecule has 1 heterocycles. The zero-order valence-electron chi connectivity index (χ0n) is 11.4. The van der Waals surface area contributed by atoms with Crippen molar-refractivity contribution >= 4 is 17.5 Å². The molecule has 4 nitrogen and oxygen atoms in total.